The van der Waals surface area contributed by atoms with E-state index in [1.54, 1.807) is 24.3 Å². The number of hydrogen-bond donors (Lipinski definition) is 2. The van der Waals surface area contributed by atoms with E-state index in [1.165, 1.54) is 25.1 Å². The van der Waals surface area contributed by atoms with Gasteiger partial charge in [0.2, 0.25) is 5.91 Å². The molecular formula is C26H22FN3O3. The monoisotopic (exact) mass is 443 g/mol. The van der Waals surface area contributed by atoms with E-state index in [2.05, 4.69) is 10.6 Å². The van der Waals surface area contributed by atoms with Crippen LogP contribution in [0.5, 0.6) is 0 Å². The first-order valence-corrected chi connectivity index (χ1v) is 10.4. The van der Waals surface area contributed by atoms with E-state index in [0.717, 1.165) is 22.1 Å². The highest BCUT2D eigenvalue weighted by atomic mass is 19.1. The van der Waals surface area contributed by atoms with Crippen LogP contribution in [0.1, 0.15) is 23.6 Å². The Bertz CT molecular complexity index is 1310. The van der Waals surface area contributed by atoms with Crippen LogP contribution < -0.4 is 15.5 Å². The second-order valence-corrected chi connectivity index (χ2v) is 7.88. The third-order valence-corrected chi connectivity index (χ3v) is 5.29. The Morgan fingerprint density at radius 3 is 2.27 bits per heavy atom. The average Bonchev–Trinajstić information content (AvgIpc) is 3.00. The SMILES string of the molecule is CC(=O)Nc1ccc(C2=C(Nc3ccc(C)cc3C)C(=O)N(c3cccc(F)c3)C2=O)cc1. The van der Waals surface area contributed by atoms with Crippen molar-refractivity contribution in [2.24, 2.45) is 0 Å². The van der Waals surface area contributed by atoms with Crippen LogP contribution >= 0.6 is 0 Å². The number of imide groups is 1. The molecule has 0 unspecified atom stereocenters. The molecule has 3 aromatic rings. The first-order chi connectivity index (χ1) is 15.7. The molecule has 3 aromatic carbocycles. The molecule has 1 aliphatic rings. The number of carbonyl (C=O) groups excluding carboxylic acids is 3. The zero-order valence-electron chi connectivity index (χ0n) is 18.4. The van der Waals surface area contributed by atoms with Gasteiger partial charge in [-0.1, -0.05) is 35.9 Å². The molecule has 0 radical (unpaired) electrons. The van der Waals surface area contributed by atoms with Gasteiger partial charge in [-0.2, -0.15) is 0 Å². The van der Waals surface area contributed by atoms with Gasteiger partial charge < -0.3 is 10.6 Å². The zero-order chi connectivity index (χ0) is 23.7. The Kier molecular flexibility index (Phi) is 5.79. The molecule has 4 rings (SSSR count). The highest BCUT2D eigenvalue weighted by Gasteiger charge is 2.40. The summed E-state index contributed by atoms with van der Waals surface area (Å²) in [4.78, 5) is 39.1. The lowest BCUT2D eigenvalue weighted by Gasteiger charge is -2.16. The fourth-order valence-corrected chi connectivity index (χ4v) is 3.78. The molecule has 3 amide bonds. The highest BCUT2D eigenvalue weighted by Crippen LogP contribution is 2.35. The second kappa shape index (κ2) is 8.70. The van der Waals surface area contributed by atoms with Gasteiger partial charge in [-0.25, -0.2) is 9.29 Å². The van der Waals surface area contributed by atoms with Crippen LogP contribution in [0.3, 0.4) is 0 Å². The van der Waals surface area contributed by atoms with Gasteiger partial charge >= 0.3 is 0 Å². The largest absolute Gasteiger partial charge is 0.350 e. The molecule has 1 heterocycles. The average molecular weight is 443 g/mol. The van der Waals surface area contributed by atoms with Crippen molar-refractivity contribution in [3.63, 3.8) is 0 Å². The number of halogens is 1. The summed E-state index contributed by atoms with van der Waals surface area (Å²) in [6, 6.07) is 17.7. The molecule has 1 aliphatic heterocycles. The summed E-state index contributed by atoms with van der Waals surface area (Å²) < 4.78 is 13.9. The van der Waals surface area contributed by atoms with Gasteiger partial charge in [0.25, 0.3) is 11.8 Å². The maximum atomic E-state index is 13.9. The summed E-state index contributed by atoms with van der Waals surface area (Å²) in [5.41, 5.74) is 4.13. The molecule has 0 fully saturated rings. The maximum Gasteiger partial charge on any atom is 0.282 e. The number of anilines is 3. The van der Waals surface area contributed by atoms with Crippen molar-refractivity contribution in [3.05, 3.63) is 94.9 Å². The molecule has 7 heteroatoms. The summed E-state index contributed by atoms with van der Waals surface area (Å²) in [5.74, 6) is -1.91. The predicted molar refractivity (Wildman–Crippen MR) is 126 cm³/mol. The number of aryl methyl sites for hydroxylation is 2. The number of hydrogen-bond acceptors (Lipinski definition) is 4. The van der Waals surface area contributed by atoms with Crippen molar-refractivity contribution in [1.82, 2.24) is 0 Å². The predicted octanol–water partition coefficient (Wildman–Crippen LogP) is 4.80. The fraction of sp³-hybridized carbons (Fsp3) is 0.115. The molecule has 2 N–H and O–H groups in total. The molecule has 0 aromatic heterocycles. The summed E-state index contributed by atoms with van der Waals surface area (Å²) in [5, 5.41) is 5.80. The topological polar surface area (TPSA) is 78.5 Å². The molecule has 0 bridgehead atoms. The molecule has 6 nitrogen and oxygen atoms in total. The molecule has 0 atom stereocenters. The molecule has 33 heavy (non-hydrogen) atoms. The number of carbonyl (C=O) groups is 3. The van der Waals surface area contributed by atoms with Crippen molar-refractivity contribution in [1.29, 1.82) is 0 Å². The van der Waals surface area contributed by atoms with Crippen molar-refractivity contribution in [3.8, 4) is 0 Å². The Balaban J connectivity index is 1.81. The lowest BCUT2D eigenvalue weighted by molar-refractivity contribution is -0.120. The van der Waals surface area contributed by atoms with Crippen molar-refractivity contribution < 1.29 is 18.8 Å². The highest BCUT2D eigenvalue weighted by molar-refractivity contribution is 6.46. The second-order valence-electron chi connectivity index (χ2n) is 7.88. The van der Waals surface area contributed by atoms with Gasteiger partial charge in [0.1, 0.15) is 11.5 Å². The van der Waals surface area contributed by atoms with Crippen LogP contribution in [0.15, 0.2) is 72.4 Å². The minimum atomic E-state index is -0.577. The smallest absolute Gasteiger partial charge is 0.282 e. The summed E-state index contributed by atoms with van der Waals surface area (Å²) in [6.45, 7) is 5.27. The zero-order valence-corrected chi connectivity index (χ0v) is 18.4. The fourth-order valence-electron chi connectivity index (χ4n) is 3.78. The van der Waals surface area contributed by atoms with E-state index in [-0.39, 0.29) is 22.9 Å². The van der Waals surface area contributed by atoms with Gasteiger partial charge in [0.05, 0.1) is 11.3 Å². The van der Waals surface area contributed by atoms with Crippen LogP contribution in [-0.2, 0) is 14.4 Å². The summed E-state index contributed by atoms with van der Waals surface area (Å²) in [7, 11) is 0. The van der Waals surface area contributed by atoms with Gasteiger partial charge in [-0.15, -0.1) is 0 Å². The van der Waals surface area contributed by atoms with Crippen LogP contribution in [0.25, 0.3) is 5.57 Å². The quantitative estimate of drug-likeness (QED) is 0.556. The number of benzene rings is 3. The lowest BCUT2D eigenvalue weighted by Crippen LogP contribution is -2.32. The van der Waals surface area contributed by atoms with Gasteiger partial charge in [-0.3, -0.25) is 14.4 Å². The normalized spacial score (nSPS) is 13.5. The van der Waals surface area contributed by atoms with Crippen LogP contribution in [0, 0.1) is 19.7 Å². The Morgan fingerprint density at radius 2 is 1.64 bits per heavy atom. The number of rotatable bonds is 5. The van der Waals surface area contributed by atoms with Crippen LogP contribution in [-0.4, -0.2) is 17.7 Å². The van der Waals surface area contributed by atoms with Crippen molar-refractivity contribution in [2.75, 3.05) is 15.5 Å². The molecular weight excluding hydrogens is 421 g/mol. The third kappa shape index (κ3) is 4.39. The summed E-state index contributed by atoms with van der Waals surface area (Å²) >= 11 is 0. The molecule has 0 saturated heterocycles. The van der Waals surface area contributed by atoms with Crippen molar-refractivity contribution >= 4 is 40.4 Å². The van der Waals surface area contributed by atoms with Gasteiger partial charge in [-0.05, 0) is 61.4 Å². The van der Waals surface area contributed by atoms with E-state index in [0.29, 0.717) is 16.9 Å². The van der Waals surface area contributed by atoms with E-state index < -0.39 is 17.6 Å². The minimum absolute atomic E-state index is 0.100. The number of amides is 3. The molecule has 166 valence electrons. The standard InChI is InChI=1S/C26H22FN3O3/c1-15-7-12-22(16(2)13-15)29-24-23(18-8-10-20(11-9-18)28-17(3)31)25(32)30(26(24)33)21-6-4-5-19(27)14-21/h4-14,29H,1-3H3,(H,28,31). The summed E-state index contributed by atoms with van der Waals surface area (Å²) in [6.07, 6.45) is 0. The maximum absolute atomic E-state index is 13.9. The van der Waals surface area contributed by atoms with Crippen LogP contribution in [0.2, 0.25) is 0 Å². The Morgan fingerprint density at radius 1 is 0.909 bits per heavy atom. The van der Waals surface area contributed by atoms with Gasteiger partial charge in [0, 0.05) is 18.3 Å². The molecule has 0 saturated carbocycles. The first-order valence-electron chi connectivity index (χ1n) is 10.4. The Labute approximate surface area is 190 Å². The Hall–Kier alpha value is -4.26. The molecule has 0 spiro atoms. The van der Waals surface area contributed by atoms with E-state index in [4.69, 9.17) is 0 Å². The third-order valence-electron chi connectivity index (χ3n) is 5.29. The minimum Gasteiger partial charge on any atom is -0.350 e. The first kappa shape index (κ1) is 22.0. The van der Waals surface area contributed by atoms with E-state index >= 15 is 0 Å². The van der Waals surface area contributed by atoms with E-state index in [1.807, 2.05) is 32.0 Å². The van der Waals surface area contributed by atoms with Crippen LogP contribution in [0.4, 0.5) is 21.5 Å². The van der Waals surface area contributed by atoms with Crippen molar-refractivity contribution in [2.45, 2.75) is 20.8 Å². The van der Waals surface area contributed by atoms with Gasteiger partial charge in [0.15, 0.2) is 0 Å². The molecule has 0 aliphatic carbocycles. The number of nitrogens with zero attached hydrogens (tertiary/aromatic N) is 1. The number of nitrogens with one attached hydrogen (secondary N) is 2. The van der Waals surface area contributed by atoms with E-state index in [9.17, 15) is 18.8 Å². The lowest BCUT2D eigenvalue weighted by atomic mass is 10.0.